The first-order valence-corrected chi connectivity index (χ1v) is 11.9. The Labute approximate surface area is 169 Å². The summed E-state index contributed by atoms with van der Waals surface area (Å²) in [6.07, 6.45) is 2.62. The first-order valence-electron chi connectivity index (χ1n) is 9.00. The van der Waals surface area contributed by atoms with Gasteiger partial charge in [0, 0.05) is 30.4 Å². The normalized spacial score (nSPS) is 18.3. The van der Waals surface area contributed by atoms with Crippen LogP contribution in [-0.4, -0.2) is 38.7 Å². The van der Waals surface area contributed by atoms with Gasteiger partial charge in [-0.3, -0.25) is 14.8 Å². The van der Waals surface area contributed by atoms with Gasteiger partial charge in [-0.05, 0) is 56.2 Å². The van der Waals surface area contributed by atoms with Crippen molar-refractivity contribution in [1.29, 1.82) is 0 Å². The Balaban J connectivity index is 1.78. The topological polar surface area (TPSA) is 127 Å². The van der Waals surface area contributed by atoms with Gasteiger partial charge in [-0.15, -0.1) is 0 Å². The maximum absolute atomic E-state index is 12.8. The van der Waals surface area contributed by atoms with E-state index in [2.05, 4.69) is 4.72 Å². The lowest BCUT2D eigenvalue weighted by atomic mass is 10.1. The summed E-state index contributed by atoms with van der Waals surface area (Å²) in [5, 5.41) is 10.7. The molecule has 0 aromatic heterocycles. The van der Waals surface area contributed by atoms with Crippen LogP contribution in [0, 0.1) is 10.1 Å². The summed E-state index contributed by atoms with van der Waals surface area (Å²) < 4.78 is 54.4. The molecule has 2 aromatic carbocycles. The number of rotatable bonds is 6. The van der Waals surface area contributed by atoms with E-state index in [1.54, 1.807) is 0 Å². The molecule has 1 N–H and O–H groups in total. The first-order chi connectivity index (χ1) is 13.6. The van der Waals surface area contributed by atoms with E-state index in [0.717, 1.165) is 43.5 Å². The van der Waals surface area contributed by atoms with E-state index in [1.807, 2.05) is 6.92 Å². The van der Waals surface area contributed by atoms with Crippen LogP contribution < -0.4 is 4.72 Å². The van der Waals surface area contributed by atoms with Crippen molar-refractivity contribution in [3.05, 3.63) is 58.6 Å². The number of hydrogen-bond donors (Lipinski definition) is 1. The van der Waals surface area contributed by atoms with Gasteiger partial charge in [0.15, 0.2) is 0 Å². The van der Waals surface area contributed by atoms with Crippen molar-refractivity contribution in [1.82, 2.24) is 4.31 Å². The smallest absolute Gasteiger partial charge is 0.269 e. The van der Waals surface area contributed by atoms with Crippen molar-refractivity contribution in [2.24, 2.45) is 0 Å². The third-order valence-electron chi connectivity index (χ3n) is 4.81. The van der Waals surface area contributed by atoms with Crippen LogP contribution in [0.25, 0.3) is 0 Å². The number of benzene rings is 2. The number of nitrogens with zero attached hydrogens (tertiary/aromatic N) is 2. The molecule has 1 aliphatic rings. The molecule has 3 rings (SSSR count). The second-order valence-corrected chi connectivity index (χ2v) is 10.4. The third-order valence-corrected chi connectivity index (χ3v) is 8.24. The summed E-state index contributed by atoms with van der Waals surface area (Å²) in [5.41, 5.74) is -0.0283. The molecule has 1 atom stereocenters. The minimum absolute atomic E-state index is 0.0749. The number of nitro benzene ring substituents is 1. The van der Waals surface area contributed by atoms with Crippen molar-refractivity contribution in [3.63, 3.8) is 0 Å². The molecule has 1 aliphatic heterocycles. The molecule has 0 bridgehead atoms. The number of nitrogens with one attached hydrogen (secondary N) is 1. The molecule has 1 unspecified atom stereocenters. The highest BCUT2D eigenvalue weighted by Crippen LogP contribution is 2.26. The van der Waals surface area contributed by atoms with E-state index in [9.17, 15) is 26.9 Å². The molecule has 156 valence electrons. The Bertz CT molecular complexity index is 1100. The van der Waals surface area contributed by atoms with Crippen LogP contribution in [0.2, 0.25) is 0 Å². The van der Waals surface area contributed by atoms with Crippen molar-refractivity contribution in [3.8, 4) is 0 Å². The second-order valence-electron chi connectivity index (χ2n) is 6.84. The number of non-ortho nitro benzene ring substituents is 1. The molecule has 1 heterocycles. The Morgan fingerprint density at radius 1 is 0.966 bits per heavy atom. The second kappa shape index (κ2) is 8.09. The van der Waals surface area contributed by atoms with E-state index in [4.69, 9.17) is 0 Å². The molecule has 9 nitrogen and oxygen atoms in total. The summed E-state index contributed by atoms with van der Waals surface area (Å²) in [5.74, 6) is 0. The molecule has 11 heteroatoms. The molecule has 0 radical (unpaired) electrons. The SMILES string of the molecule is CC1CCCCN1S(=O)(=O)c1ccc(NS(=O)(=O)c2ccc([N+](=O)[O-])cc2)cc1. The van der Waals surface area contributed by atoms with Crippen molar-refractivity contribution >= 4 is 31.4 Å². The van der Waals surface area contributed by atoms with Crippen LogP contribution in [0.1, 0.15) is 26.2 Å². The van der Waals surface area contributed by atoms with Gasteiger partial charge >= 0.3 is 0 Å². The fourth-order valence-electron chi connectivity index (χ4n) is 3.22. The number of nitro groups is 1. The van der Waals surface area contributed by atoms with Gasteiger partial charge in [0.2, 0.25) is 10.0 Å². The average molecular weight is 440 g/mol. The number of hydrogen-bond acceptors (Lipinski definition) is 6. The number of piperidine rings is 1. The lowest BCUT2D eigenvalue weighted by Crippen LogP contribution is -2.41. The van der Waals surface area contributed by atoms with Crippen molar-refractivity contribution in [2.75, 3.05) is 11.3 Å². The fraction of sp³-hybridized carbons (Fsp3) is 0.333. The van der Waals surface area contributed by atoms with Gasteiger partial charge in [0.25, 0.3) is 15.7 Å². The standard InChI is InChI=1S/C18H21N3O6S2/c1-14-4-2-3-13-20(14)29(26,27)18-9-5-15(6-10-18)19-28(24,25)17-11-7-16(8-12-17)21(22)23/h5-12,14,19H,2-4,13H2,1H3. The molecule has 1 saturated heterocycles. The average Bonchev–Trinajstić information content (AvgIpc) is 2.68. The highest BCUT2D eigenvalue weighted by Gasteiger charge is 2.30. The predicted molar refractivity (Wildman–Crippen MR) is 108 cm³/mol. The molecule has 0 aliphatic carbocycles. The Hall–Kier alpha value is -2.50. The molecular weight excluding hydrogens is 418 g/mol. The lowest BCUT2D eigenvalue weighted by Gasteiger charge is -2.32. The number of anilines is 1. The van der Waals surface area contributed by atoms with Gasteiger partial charge in [-0.2, -0.15) is 4.31 Å². The molecule has 0 saturated carbocycles. The summed E-state index contributed by atoms with van der Waals surface area (Å²) in [4.78, 5) is 10.0. The zero-order chi connectivity index (χ0) is 21.2. The van der Waals surface area contributed by atoms with Crippen LogP contribution in [-0.2, 0) is 20.0 Å². The zero-order valence-corrected chi connectivity index (χ0v) is 17.3. The zero-order valence-electron chi connectivity index (χ0n) is 15.7. The Morgan fingerprint density at radius 2 is 1.55 bits per heavy atom. The van der Waals surface area contributed by atoms with E-state index in [0.29, 0.717) is 6.54 Å². The minimum Gasteiger partial charge on any atom is -0.280 e. The summed E-state index contributed by atoms with van der Waals surface area (Å²) in [6.45, 7) is 2.35. The minimum atomic E-state index is -3.97. The maximum Gasteiger partial charge on any atom is 0.269 e. The van der Waals surface area contributed by atoms with Gasteiger partial charge in [0.05, 0.1) is 14.7 Å². The quantitative estimate of drug-likeness (QED) is 0.545. The summed E-state index contributed by atoms with van der Waals surface area (Å²) in [7, 11) is -7.61. The molecule has 0 amide bonds. The van der Waals surface area contributed by atoms with Crippen LogP contribution in [0.4, 0.5) is 11.4 Å². The third kappa shape index (κ3) is 4.57. The van der Waals surface area contributed by atoms with Gasteiger partial charge < -0.3 is 0 Å². The molecular formula is C18H21N3O6S2. The fourth-order valence-corrected chi connectivity index (χ4v) is 5.98. The van der Waals surface area contributed by atoms with Gasteiger partial charge in [-0.25, -0.2) is 16.8 Å². The summed E-state index contributed by atoms with van der Waals surface area (Å²) >= 11 is 0. The number of sulfonamides is 2. The van der Waals surface area contributed by atoms with Gasteiger partial charge in [-0.1, -0.05) is 6.42 Å². The van der Waals surface area contributed by atoms with E-state index >= 15 is 0 Å². The van der Waals surface area contributed by atoms with E-state index < -0.39 is 25.0 Å². The molecule has 29 heavy (non-hydrogen) atoms. The maximum atomic E-state index is 12.8. The largest absolute Gasteiger partial charge is 0.280 e. The van der Waals surface area contributed by atoms with E-state index in [1.165, 1.54) is 28.6 Å². The lowest BCUT2D eigenvalue weighted by molar-refractivity contribution is -0.384. The van der Waals surface area contributed by atoms with Gasteiger partial charge in [0.1, 0.15) is 0 Å². The molecule has 0 spiro atoms. The Kier molecular flexibility index (Phi) is 5.92. The predicted octanol–water partition coefficient (Wildman–Crippen LogP) is 2.96. The first kappa shape index (κ1) is 21.2. The van der Waals surface area contributed by atoms with Crippen LogP contribution in [0.15, 0.2) is 58.3 Å². The summed E-state index contributed by atoms with van der Waals surface area (Å²) in [6, 6.07) is 9.89. The monoisotopic (exact) mass is 439 g/mol. The Morgan fingerprint density at radius 3 is 2.10 bits per heavy atom. The van der Waals surface area contributed by atoms with E-state index in [-0.39, 0.29) is 27.2 Å². The van der Waals surface area contributed by atoms with Crippen LogP contribution >= 0.6 is 0 Å². The van der Waals surface area contributed by atoms with Crippen LogP contribution in [0.5, 0.6) is 0 Å². The molecule has 2 aromatic rings. The highest BCUT2D eigenvalue weighted by atomic mass is 32.2. The highest BCUT2D eigenvalue weighted by molar-refractivity contribution is 7.92. The molecule has 1 fully saturated rings. The van der Waals surface area contributed by atoms with Crippen molar-refractivity contribution in [2.45, 2.75) is 42.0 Å². The van der Waals surface area contributed by atoms with Crippen LogP contribution in [0.3, 0.4) is 0 Å². The van der Waals surface area contributed by atoms with Crippen molar-refractivity contribution < 1.29 is 21.8 Å².